The van der Waals surface area contributed by atoms with Crippen molar-refractivity contribution in [2.24, 2.45) is 23.2 Å². The van der Waals surface area contributed by atoms with E-state index in [1.54, 1.807) is 12.2 Å². The third-order valence-corrected chi connectivity index (χ3v) is 5.45. The first kappa shape index (κ1) is 17.2. The molecule has 0 aromatic rings. The lowest BCUT2D eigenvalue weighted by atomic mass is 9.56. The van der Waals surface area contributed by atoms with E-state index >= 15 is 0 Å². The number of nitrogens with zero attached hydrogens (tertiary/aromatic N) is 2. The average molecular weight is 312 g/mol. The minimum atomic E-state index is -0.669. The van der Waals surface area contributed by atoms with Gasteiger partial charge in [-0.05, 0) is 24.3 Å². The summed E-state index contributed by atoms with van der Waals surface area (Å²) in [5.74, 6) is -0.830. The molecule has 1 aliphatic heterocycles. The number of hydrogen-bond acceptors (Lipinski definition) is 3. The second-order valence-electron chi connectivity index (χ2n) is 6.80. The Bertz CT molecular complexity index is 613. The lowest BCUT2D eigenvalue weighted by molar-refractivity contribution is -0.160. The van der Waals surface area contributed by atoms with Crippen LogP contribution in [0.4, 0.5) is 0 Å². The number of allylic oxidation sites excluding steroid dienone is 2. The normalized spacial score (nSPS) is 34.6. The van der Waals surface area contributed by atoms with Crippen LogP contribution in [0.25, 0.3) is 0 Å². The highest BCUT2D eigenvalue weighted by molar-refractivity contribution is 5.92. The van der Waals surface area contributed by atoms with E-state index in [4.69, 9.17) is 0 Å². The highest BCUT2D eigenvalue weighted by Gasteiger charge is 2.55. The molecule has 2 fully saturated rings. The zero-order chi connectivity index (χ0) is 17.2. The molecule has 2 rings (SSSR count). The van der Waals surface area contributed by atoms with Gasteiger partial charge in [0.2, 0.25) is 5.91 Å². The lowest BCUT2D eigenvalue weighted by Gasteiger charge is -2.50. The summed E-state index contributed by atoms with van der Waals surface area (Å²) in [5.41, 5.74) is 0.305. The van der Waals surface area contributed by atoms with Crippen LogP contribution in [-0.4, -0.2) is 29.7 Å². The Balaban J connectivity index is 2.28. The summed E-state index contributed by atoms with van der Waals surface area (Å²) in [6.45, 7) is 12.4. The number of carbonyl (C=O) groups excluding carboxylic acids is 2. The quantitative estimate of drug-likeness (QED) is 0.750. The first-order valence-corrected chi connectivity index (χ1v) is 8.05. The zero-order valence-corrected chi connectivity index (χ0v) is 13.9. The van der Waals surface area contributed by atoms with Crippen molar-refractivity contribution >= 4 is 11.7 Å². The predicted molar refractivity (Wildman–Crippen MR) is 89.2 cm³/mol. The molecule has 1 saturated carbocycles. The molecule has 0 spiro atoms. The van der Waals surface area contributed by atoms with Gasteiger partial charge in [0.25, 0.3) is 0 Å². The Morgan fingerprint density at radius 2 is 2.17 bits per heavy atom. The summed E-state index contributed by atoms with van der Waals surface area (Å²) < 4.78 is 0. The fourth-order valence-corrected chi connectivity index (χ4v) is 4.13. The van der Waals surface area contributed by atoms with Crippen molar-refractivity contribution in [1.82, 2.24) is 4.90 Å². The first-order valence-electron chi connectivity index (χ1n) is 8.05. The van der Waals surface area contributed by atoms with E-state index in [1.165, 1.54) is 0 Å². The monoisotopic (exact) mass is 312 g/mol. The first-order chi connectivity index (χ1) is 10.9. The maximum Gasteiger partial charge on any atom is 0.229 e. The summed E-state index contributed by atoms with van der Waals surface area (Å²) in [6.07, 6.45) is 6.39. The molecule has 1 aliphatic carbocycles. The average Bonchev–Trinajstić information content (AvgIpc) is 2.54. The van der Waals surface area contributed by atoms with E-state index in [0.717, 1.165) is 12.0 Å². The molecule has 122 valence electrons. The molecule has 1 amide bonds. The van der Waals surface area contributed by atoms with Gasteiger partial charge >= 0.3 is 0 Å². The molecule has 1 saturated heterocycles. The van der Waals surface area contributed by atoms with E-state index in [-0.39, 0.29) is 23.5 Å². The predicted octanol–water partition coefficient (Wildman–Crippen LogP) is 2.89. The van der Waals surface area contributed by atoms with E-state index in [2.05, 4.69) is 19.2 Å². The zero-order valence-electron chi connectivity index (χ0n) is 13.9. The number of fused-ring (bicyclic) bond motifs is 1. The van der Waals surface area contributed by atoms with Crippen LogP contribution in [0, 0.1) is 34.5 Å². The number of ketones is 1. The Morgan fingerprint density at radius 1 is 1.48 bits per heavy atom. The Hall–Kier alpha value is -2.15. The molecule has 1 heterocycles. The van der Waals surface area contributed by atoms with Crippen molar-refractivity contribution in [2.45, 2.75) is 26.7 Å². The van der Waals surface area contributed by atoms with Crippen molar-refractivity contribution in [3.8, 4) is 6.07 Å². The summed E-state index contributed by atoms with van der Waals surface area (Å²) in [4.78, 5) is 27.2. The van der Waals surface area contributed by atoms with Crippen molar-refractivity contribution in [2.75, 3.05) is 13.1 Å². The number of Topliss-reactive ketones (excluding diaryl/α,β-unsaturated/α-hetero) is 1. The Kier molecular flexibility index (Phi) is 4.89. The molecule has 0 aromatic heterocycles. The van der Waals surface area contributed by atoms with Gasteiger partial charge < -0.3 is 4.90 Å². The fourth-order valence-electron chi connectivity index (χ4n) is 4.13. The molecule has 4 heteroatoms. The van der Waals surface area contributed by atoms with Crippen molar-refractivity contribution < 1.29 is 9.59 Å². The van der Waals surface area contributed by atoms with Crippen LogP contribution >= 0.6 is 0 Å². The molecule has 4 unspecified atom stereocenters. The molecule has 0 radical (unpaired) electrons. The number of hydrogen-bond donors (Lipinski definition) is 0. The molecule has 4 nitrogen and oxygen atoms in total. The minimum absolute atomic E-state index is 0.00504. The second-order valence-corrected chi connectivity index (χ2v) is 6.80. The van der Waals surface area contributed by atoms with Crippen LogP contribution in [0.2, 0.25) is 0 Å². The maximum atomic E-state index is 13.1. The highest BCUT2D eigenvalue weighted by atomic mass is 16.2. The molecule has 0 bridgehead atoms. The lowest BCUT2D eigenvalue weighted by Crippen LogP contribution is -2.58. The second kappa shape index (κ2) is 6.54. The summed E-state index contributed by atoms with van der Waals surface area (Å²) in [7, 11) is 0. The standard InChI is InChI=1S/C19H24N2O2/c1-5-7-14(6-2)12-21-9-8-16-13(3)17(22)15(11-20)10-19(16,4)18(21)23/h5-7,13,15-16H,1-2,8-10,12H2,3-4H3/b14-7+. The van der Waals surface area contributed by atoms with Crippen LogP contribution in [0.5, 0.6) is 0 Å². The molecule has 0 aromatic carbocycles. The van der Waals surface area contributed by atoms with Crippen LogP contribution in [0.1, 0.15) is 26.7 Å². The molecular weight excluding hydrogens is 288 g/mol. The number of likely N-dealkylation sites (tertiary alicyclic amines) is 1. The van der Waals surface area contributed by atoms with Gasteiger partial charge in [-0.3, -0.25) is 9.59 Å². The number of piperidine rings is 1. The third-order valence-electron chi connectivity index (χ3n) is 5.45. The number of amides is 1. The Labute approximate surface area is 138 Å². The largest absolute Gasteiger partial charge is 0.338 e. The van der Waals surface area contributed by atoms with Gasteiger partial charge in [0.1, 0.15) is 5.92 Å². The summed E-state index contributed by atoms with van der Waals surface area (Å²) >= 11 is 0. The number of rotatable bonds is 4. The summed E-state index contributed by atoms with van der Waals surface area (Å²) in [6, 6.07) is 2.09. The van der Waals surface area contributed by atoms with E-state index in [1.807, 2.05) is 24.8 Å². The van der Waals surface area contributed by atoms with Crippen LogP contribution in [0.3, 0.4) is 0 Å². The molecule has 4 atom stereocenters. The van der Waals surface area contributed by atoms with Gasteiger partial charge in [0.15, 0.2) is 5.78 Å². The van der Waals surface area contributed by atoms with Gasteiger partial charge in [-0.1, -0.05) is 45.2 Å². The van der Waals surface area contributed by atoms with Crippen molar-refractivity contribution in [3.05, 3.63) is 37.0 Å². The highest BCUT2D eigenvalue weighted by Crippen LogP contribution is 2.50. The third kappa shape index (κ3) is 2.88. The molecule has 23 heavy (non-hydrogen) atoms. The fraction of sp³-hybridized carbons (Fsp3) is 0.526. The molecule has 2 aliphatic rings. The van der Waals surface area contributed by atoms with E-state index < -0.39 is 11.3 Å². The molecule has 0 N–H and O–H groups in total. The minimum Gasteiger partial charge on any atom is -0.338 e. The van der Waals surface area contributed by atoms with Gasteiger partial charge in [-0.25, -0.2) is 0 Å². The topological polar surface area (TPSA) is 61.2 Å². The van der Waals surface area contributed by atoms with Crippen molar-refractivity contribution in [3.63, 3.8) is 0 Å². The summed E-state index contributed by atoms with van der Waals surface area (Å²) in [5, 5.41) is 9.26. The van der Waals surface area contributed by atoms with Gasteiger partial charge in [0.05, 0.1) is 11.5 Å². The molecular formula is C19H24N2O2. The van der Waals surface area contributed by atoms with Crippen molar-refractivity contribution in [1.29, 1.82) is 5.26 Å². The van der Waals surface area contributed by atoms with Crippen LogP contribution < -0.4 is 0 Å². The Morgan fingerprint density at radius 3 is 2.74 bits per heavy atom. The number of carbonyl (C=O) groups is 2. The van der Waals surface area contributed by atoms with Gasteiger partial charge in [0, 0.05) is 19.0 Å². The maximum absolute atomic E-state index is 13.1. The number of nitriles is 1. The van der Waals surface area contributed by atoms with Gasteiger partial charge in [-0.15, -0.1) is 0 Å². The van der Waals surface area contributed by atoms with E-state index in [0.29, 0.717) is 19.5 Å². The smallest absolute Gasteiger partial charge is 0.229 e. The van der Waals surface area contributed by atoms with E-state index in [9.17, 15) is 14.9 Å². The SMILES string of the molecule is C=C/C=C(\C=C)CN1CCC2C(C)C(=O)C(C#N)CC2(C)C1=O. The van der Waals surface area contributed by atoms with Crippen LogP contribution in [0.15, 0.2) is 37.0 Å². The van der Waals surface area contributed by atoms with Gasteiger partial charge in [-0.2, -0.15) is 5.26 Å². The van der Waals surface area contributed by atoms with Crippen LogP contribution in [-0.2, 0) is 9.59 Å².